The van der Waals surface area contributed by atoms with E-state index in [9.17, 15) is 9.59 Å². The normalized spacial score (nSPS) is 22.8. The second-order valence-corrected chi connectivity index (χ2v) is 7.52. The van der Waals surface area contributed by atoms with E-state index in [2.05, 4.69) is 17.5 Å². The van der Waals surface area contributed by atoms with Gasteiger partial charge in [-0.25, -0.2) is 0 Å². The Labute approximate surface area is 158 Å². The molecule has 1 aromatic heterocycles. The maximum absolute atomic E-state index is 12.5. The average molecular weight is 364 g/mol. The van der Waals surface area contributed by atoms with E-state index < -0.39 is 0 Å². The molecule has 1 aromatic carbocycles. The first-order valence-corrected chi connectivity index (χ1v) is 9.44. The molecule has 3 atom stereocenters. The lowest BCUT2D eigenvalue weighted by atomic mass is 9.93. The fraction of sp³-hybridized carbons (Fsp3) is 0.364. The van der Waals surface area contributed by atoms with Crippen LogP contribution in [-0.4, -0.2) is 17.0 Å². The molecule has 1 saturated carbocycles. The van der Waals surface area contributed by atoms with E-state index in [-0.39, 0.29) is 17.1 Å². The lowest BCUT2D eigenvalue weighted by molar-refractivity contribution is 0.0935. The lowest BCUT2D eigenvalue weighted by Crippen LogP contribution is -2.33. The van der Waals surface area contributed by atoms with Crippen molar-refractivity contribution in [3.63, 3.8) is 0 Å². The molecule has 5 heteroatoms. The van der Waals surface area contributed by atoms with Gasteiger partial charge in [-0.15, -0.1) is 0 Å². The monoisotopic (exact) mass is 364 g/mol. The first-order chi connectivity index (χ1) is 13.1. The van der Waals surface area contributed by atoms with Crippen LogP contribution in [0.2, 0.25) is 0 Å². The van der Waals surface area contributed by atoms with Crippen molar-refractivity contribution in [2.24, 2.45) is 24.8 Å². The van der Waals surface area contributed by atoms with Gasteiger partial charge in [0.05, 0.1) is 6.20 Å². The van der Waals surface area contributed by atoms with Gasteiger partial charge < -0.3 is 14.6 Å². The smallest absolute Gasteiger partial charge is 0.268 e. The summed E-state index contributed by atoms with van der Waals surface area (Å²) in [6.45, 7) is 0.976. The van der Waals surface area contributed by atoms with Crippen molar-refractivity contribution in [2.75, 3.05) is 6.54 Å². The van der Waals surface area contributed by atoms with Crippen LogP contribution in [0.4, 0.5) is 0 Å². The molecule has 0 aliphatic heterocycles. The van der Waals surface area contributed by atoms with Gasteiger partial charge in [0.25, 0.3) is 5.91 Å². The SMILES string of the molecule is Cn1cc(OCc2ccccc2)c(=O)cc1C(=O)NC[C@@H]1C[C@H]2C=C[C@H]1C2. The second kappa shape index (κ2) is 7.43. The summed E-state index contributed by atoms with van der Waals surface area (Å²) in [5.74, 6) is 1.82. The highest BCUT2D eigenvalue weighted by Gasteiger charge is 2.35. The minimum Gasteiger partial charge on any atom is -0.483 e. The van der Waals surface area contributed by atoms with Crippen LogP contribution in [0.3, 0.4) is 0 Å². The van der Waals surface area contributed by atoms with Gasteiger partial charge in [0.1, 0.15) is 12.3 Å². The Hall–Kier alpha value is -2.82. The third-order valence-electron chi connectivity index (χ3n) is 5.61. The van der Waals surface area contributed by atoms with Gasteiger partial charge in [0.15, 0.2) is 5.75 Å². The fourth-order valence-electron chi connectivity index (χ4n) is 4.12. The zero-order valence-corrected chi connectivity index (χ0v) is 15.4. The number of pyridine rings is 1. The molecular weight excluding hydrogens is 340 g/mol. The van der Waals surface area contributed by atoms with Crippen LogP contribution in [0.1, 0.15) is 28.9 Å². The molecule has 1 N–H and O–H groups in total. The molecule has 27 heavy (non-hydrogen) atoms. The van der Waals surface area contributed by atoms with Gasteiger partial charge in [0, 0.05) is 19.7 Å². The Morgan fingerprint density at radius 3 is 2.74 bits per heavy atom. The molecule has 140 valence electrons. The molecule has 1 fully saturated rings. The van der Waals surface area contributed by atoms with E-state index in [1.165, 1.54) is 12.5 Å². The number of aromatic nitrogens is 1. The fourth-order valence-corrected chi connectivity index (χ4v) is 4.12. The molecule has 2 aliphatic carbocycles. The molecule has 0 spiro atoms. The van der Waals surface area contributed by atoms with Crippen molar-refractivity contribution >= 4 is 5.91 Å². The number of nitrogens with one attached hydrogen (secondary N) is 1. The summed E-state index contributed by atoms with van der Waals surface area (Å²) in [7, 11) is 1.75. The predicted molar refractivity (Wildman–Crippen MR) is 104 cm³/mol. The third-order valence-corrected chi connectivity index (χ3v) is 5.61. The molecule has 0 saturated heterocycles. The minimum atomic E-state index is -0.281. The summed E-state index contributed by atoms with van der Waals surface area (Å²) in [5.41, 5.74) is 1.06. The number of hydrogen-bond acceptors (Lipinski definition) is 3. The van der Waals surface area contributed by atoms with Crippen molar-refractivity contribution in [1.82, 2.24) is 9.88 Å². The largest absolute Gasteiger partial charge is 0.483 e. The summed E-state index contributed by atoms with van der Waals surface area (Å²) in [6.07, 6.45) is 8.51. The highest BCUT2D eigenvalue weighted by molar-refractivity contribution is 5.92. The van der Waals surface area contributed by atoms with E-state index >= 15 is 0 Å². The number of amides is 1. The minimum absolute atomic E-state index is 0.212. The molecule has 2 aliphatic rings. The molecule has 1 amide bonds. The first-order valence-electron chi connectivity index (χ1n) is 9.44. The van der Waals surface area contributed by atoms with Gasteiger partial charge in [-0.3, -0.25) is 9.59 Å². The van der Waals surface area contributed by atoms with Crippen LogP contribution >= 0.6 is 0 Å². The van der Waals surface area contributed by atoms with Crippen molar-refractivity contribution < 1.29 is 9.53 Å². The molecule has 0 unspecified atom stereocenters. The van der Waals surface area contributed by atoms with Gasteiger partial charge in [0.2, 0.25) is 5.43 Å². The van der Waals surface area contributed by atoms with Crippen molar-refractivity contribution in [1.29, 1.82) is 0 Å². The van der Waals surface area contributed by atoms with E-state index in [1.54, 1.807) is 17.8 Å². The Morgan fingerprint density at radius 2 is 2.04 bits per heavy atom. The predicted octanol–water partition coefficient (Wildman–Crippen LogP) is 2.91. The summed E-state index contributed by atoms with van der Waals surface area (Å²) in [5, 5.41) is 3.00. The Morgan fingerprint density at radius 1 is 1.22 bits per heavy atom. The number of ether oxygens (including phenoxy) is 1. The highest BCUT2D eigenvalue weighted by atomic mass is 16.5. The number of carbonyl (C=O) groups excluding carboxylic acids is 1. The van der Waals surface area contributed by atoms with Gasteiger partial charge >= 0.3 is 0 Å². The molecule has 5 nitrogen and oxygen atoms in total. The number of rotatable bonds is 6. The number of allylic oxidation sites excluding steroid dienone is 2. The number of nitrogens with zero attached hydrogens (tertiary/aromatic N) is 1. The standard InChI is InChI=1S/C22H24N2O3/c1-24-13-21(27-14-15-5-3-2-4-6-15)20(25)11-19(24)22(26)23-12-18-10-16-7-8-17(18)9-16/h2-8,11,13,16-18H,9-10,12,14H2,1H3,(H,23,26)/t16-,17-,18-/m0/s1. The third kappa shape index (κ3) is 3.82. The van der Waals surface area contributed by atoms with Crippen LogP contribution in [-0.2, 0) is 13.7 Å². The topological polar surface area (TPSA) is 60.3 Å². The maximum Gasteiger partial charge on any atom is 0.268 e. The molecule has 1 heterocycles. The molecule has 2 bridgehead atoms. The Balaban J connectivity index is 1.39. The van der Waals surface area contributed by atoms with E-state index in [1.807, 2.05) is 30.3 Å². The van der Waals surface area contributed by atoms with Crippen LogP contribution < -0.4 is 15.5 Å². The zero-order chi connectivity index (χ0) is 18.8. The van der Waals surface area contributed by atoms with Crippen LogP contribution in [0.5, 0.6) is 5.75 Å². The Kier molecular flexibility index (Phi) is 4.84. The number of carbonyl (C=O) groups is 1. The van der Waals surface area contributed by atoms with Gasteiger partial charge in [-0.05, 0) is 36.2 Å². The number of hydrogen-bond donors (Lipinski definition) is 1. The average Bonchev–Trinajstić information content (AvgIpc) is 3.30. The quantitative estimate of drug-likeness (QED) is 0.802. The van der Waals surface area contributed by atoms with Crippen molar-refractivity contribution in [2.45, 2.75) is 19.4 Å². The molecular formula is C22H24N2O3. The van der Waals surface area contributed by atoms with Gasteiger partial charge in [-0.1, -0.05) is 42.5 Å². The second-order valence-electron chi connectivity index (χ2n) is 7.52. The Bertz CT molecular complexity index is 917. The summed E-state index contributed by atoms with van der Waals surface area (Å²) < 4.78 is 7.29. The number of fused-ring (bicyclic) bond motifs is 2. The van der Waals surface area contributed by atoms with Crippen LogP contribution in [0.25, 0.3) is 0 Å². The van der Waals surface area contributed by atoms with E-state index in [0.29, 0.717) is 36.6 Å². The lowest BCUT2D eigenvalue weighted by Gasteiger charge is -2.19. The van der Waals surface area contributed by atoms with Crippen molar-refractivity contribution in [3.8, 4) is 5.75 Å². The van der Waals surface area contributed by atoms with Gasteiger partial charge in [-0.2, -0.15) is 0 Å². The number of benzene rings is 1. The molecule has 4 rings (SSSR count). The summed E-state index contributed by atoms with van der Waals surface area (Å²) in [4.78, 5) is 24.9. The zero-order valence-electron chi connectivity index (χ0n) is 15.4. The van der Waals surface area contributed by atoms with E-state index in [0.717, 1.165) is 12.0 Å². The van der Waals surface area contributed by atoms with Crippen LogP contribution in [0.15, 0.2) is 59.5 Å². The first kappa shape index (κ1) is 17.6. The highest BCUT2D eigenvalue weighted by Crippen LogP contribution is 2.42. The summed E-state index contributed by atoms with van der Waals surface area (Å²) >= 11 is 0. The van der Waals surface area contributed by atoms with Crippen molar-refractivity contribution in [3.05, 3.63) is 76.2 Å². The molecule has 0 radical (unpaired) electrons. The molecule has 2 aromatic rings. The maximum atomic E-state index is 12.5. The summed E-state index contributed by atoms with van der Waals surface area (Å²) in [6, 6.07) is 11.0. The van der Waals surface area contributed by atoms with E-state index in [4.69, 9.17) is 4.74 Å². The van der Waals surface area contributed by atoms with Crippen LogP contribution in [0, 0.1) is 17.8 Å². The number of aryl methyl sites for hydroxylation is 1.